The molecule has 0 aromatic carbocycles. The number of hydrogen-bond acceptors (Lipinski definition) is 4. The fourth-order valence-corrected chi connectivity index (χ4v) is 2.12. The first-order chi connectivity index (χ1) is 7.81. The third kappa shape index (κ3) is 2.44. The summed E-state index contributed by atoms with van der Waals surface area (Å²) in [6.07, 6.45) is 3.59. The molecule has 88 valence electrons. The summed E-state index contributed by atoms with van der Waals surface area (Å²) in [6, 6.07) is 3.70. The second-order valence-corrected chi connectivity index (χ2v) is 3.96. The molecule has 16 heavy (non-hydrogen) atoms. The Morgan fingerprint density at radius 3 is 3.25 bits per heavy atom. The number of hydrogen-bond donors (Lipinski definition) is 0. The van der Waals surface area contributed by atoms with Crippen molar-refractivity contribution >= 4 is 5.97 Å². The fourth-order valence-electron chi connectivity index (χ4n) is 2.12. The molecule has 1 aliphatic heterocycles. The molecule has 0 aliphatic carbocycles. The van der Waals surface area contributed by atoms with E-state index in [9.17, 15) is 4.79 Å². The van der Waals surface area contributed by atoms with Gasteiger partial charge in [0.2, 0.25) is 0 Å². The van der Waals surface area contributed by atoms with E-state index in [1.165, 1.54) is 0 Å². The summed E-state index contributed by atoms with van der Waals surface area (Å²) in [7, 11) is 0. The molecule has 0 N–H and O–H groups in total. The van der Waals surface area contributed by atoms with Gasteiger partial charge < -0.3 is 9.15 Å². The number of carbonyl (C=O) groups excluding carboxylic acids is 1. The minimum Gasteiger partial charge on any atom is -0.468 e. The van der Waals surface area contributed by atoms with Crippen molar-refractivity contribution in [2.45, 2.75) is 32.4 Å². The molecule has 4 heteroatoms. The number of esters is 1. The lowest BCUT2D eigenvalue weighted by molar-refractivity contribution is -0.148. The molecule has 1 atom stereocenters. The maximum absolute atomic E-state index is 11.7. The van der Waals surface area contributed by atoms with Crippen molar-refractivity contribution in [2.24, 2.45) is 0 Å². The van der Waals surface area contributed by atoms with Gasteiger partial charge in [0.25, 0.3) is 0 Å². The summed E-state index contributed by atoms with van der Waals surface area (Å²) < 4.78 is 10.4. The summed E-state index contributed by atoms with van der Waals surface area (Å²) in [6.45, 7) is 3.91. The second-order valence-electron chi connectivity index (χ2n) is 3.96. The van der Waals surface area contributed by atoms with Gasteiger partial charge in [-0.05, 0) is 38.4 Å². The predicted octanol–water partition coefficient (Wildman–Crippen LogP) is 1.81. The van der Waals surface area contributed by atoms with E-state index < -0.39 is 0 Å². The maximum Gasteiger partial charge on any atom is 0.323 e. The van der Waals surface area contributed by atoms with Gasteiger partial charge in [0.05, 0.1) is 19.4 Å². The van der Waals surface area contributed by atoms with E-state index in [2.05, 4.69) is 4.90 Å². The highest BCUT2D eigenvalue weighted by molar-refractivity contribution is 5.76. The quantitative estimate of drug-likeness (QED) is 0.730. The largest absolute Gasteiger partial charge is 0.468 e. The van der Waals surface area contributed by atoms with Gasteiger partial charge in [-0.1, -0.05) is 0 Å². The molecule has 4 nitrogen and oxygen atoms in total. The Hall–Kier alpha value is -1.29. The van der Waals surface area contributed by atoms with Crippen molar-refractivity contribution in [1.82, 2.24) is 4.90 Å². The van der Waals surface area contributed by atoms with Crippen LogP contribution < -0.4 is 0 Å². The lowest BCUT2D eigenvalue weighted by Gasteiger charge is -2.21. The monoisotopic (exact) mass is 223 g/mol. The van der Waals surface area contributed by atoms with Gasteiger partial charge in [-0.2, -0.15) is 0 Å². The van der Waals surface area contributed by atoms with Crippen LogP contribution in [0.5, 0.6) is 0 Å². The normalized spacial score (nSPS) is 21.2. The summed E-state index contributed by atoms with van der Waals surface area (Å²) in [5, 5.41) is 0. The van der Waals surface area contributed by atoms with E-state index in [-0.39, 0.29) is 12.0 Å². The first-order valence-electron chi connectivity index (χ1n) is 5.74. The molecule has 0 amide bonds. The SMILES string of the molecule is CCOC(=O)C1CCCN1Cc1ccco1. The molecule has 1 unspecified atom stereocenters. The van der Waals surface area contributed by atoms with Crippen molar-refractivity contribution in [3.63, 3.8) is 0 Å². The third-order valence-electron chi connectivity index (χ3n) is 2.86. The van der Waals surface area contributed by atoms with Gasteiger partial charge in [-0.15, -0.1) is 0 Å². The van der Waals surface area contributed by atoms with E-state index in [0.29, 0.717) is 13.2 Å². The Bertz CT molecular complexity index is 334. The van der Waals surface area contributed by atoms with Crippen molar-refractivity contribution in [3.8, 4) is 0 Å². The van der Waals surface area contributed by atoms with Crippen molar-refractivity contribution in [2.75, 3.05) is 13.2 Å². The number of likely N-dealkylation sites (tertiary alicyclic amines) is 1. The number of rotatable bonds is 4. The molecule has 0 bridgehead atoms. The van der Waals surface area contributed by atoms with Crippen LogP contribution >= 0.6 is 0 Å². The highest BCUT2D eigenvalue weighted by Crippen LogP contribution is 2.21. The summed E-state index contributed by atoms with van der Waals surface area (Å²) >= 11 is 0. The van der Waals surface area contributed by atoms with Crippen molar-refractivity contribution in [3.05, 3.63) is 24.2 Å². The molecule has 0 spiro atoms. The standard InChI is InChI=1S/C12H17NO3/c1-2-15-12(14)11-6-3-7-13(11)9-10-5-4-8-16-10/h4-5,8,11H,2-3,6-7,9H2,1H3. The van der Waals surface area contributed by atoms with Crippen LogP contribution in [0.1, 0.15) is 25.5 Å². The lowest BCUT2D eigenvalue weighted by Crippen LogP contribution is -2.36. The van der Waals surface area contributed by atoms with Crippen molar-refractivity contribution < 1.29 is 13.9 Å². The average molecular weight is 223 g/mol. The Labute approximate surface area is 95.2 Å². The van der Waals surface area contributed by atoms with Gasteiger partial charge in [0, 0.05) is 0 Å². The number of nitrogens with zero attached hydrogens (tertiary/aromatic N) is 1. The molecule has 1 fully saturated rings. The summed E-state index contributed by atoms with van der Waals surface area (Å²) in [4.78, 5) is 13.8. The average Bonchev–Trinajstić information content (AvgIpc) is 2.90. The van der Waals surface area contributed by atoms with Crippen LogP contribution in [0.3, 0.4) is 0 Å². The minimum absolute atomic E-state index is 0.0925. The van der Waals surface area contributed by atoms with Gasteiger partial charge in [-0.25, -0.2) is 0 Å². The van der Waals surface area contributed by atoms with Crippen LogP contribution in [-0.2, 0) is 16.1 Å². The molecule has 2 rings (SSSR count). The van der Waals surface area contributed by atoms with Gasteiger partial charge in [-0.3, -0.25) is 9.69 Å². The highest BCUT2D eigenvalue weighted by Gasteiger charge is 2.31. The molecular formula is C12H17NO3. The Morgan fingerprint density at radius 1 is 1.69 bits per heavy atom. The van der Waals surface area contributed by atoms with Crippen LogP contribution in [0.4, 0.5) is 0 Å². The Balaban J connectivity index is 1.95. The zero-order valence-electron chi connectivity index (χ0n) is 9.52. The molecule has 1 saturated heterocycles. The topological polar surface area (TPSA) is 42.7 Å². The van der Waals surface area contributed by atoms with Gasteiger partial charge in [0.1, 0.15) is 11.8 Å². The molecule has 1 aromatic heterocycles. The number of carbonyl (C=O) groups is 1. The van der Waals surface area contributed by atoms with Crippen LogP contribution in [0, 0.1) is 0 Å². The number of furan rings is 1. The van der Waals surface area contributed by atoms with Gasteiger partial charge in [0.15, 0.2) is 0 Å². The van der Waals surface area contributed by atoms with E-state index in [1.54, 1.807) is 6.26 Å². The minimum atomic E-state index is -0.105. The zero-order chi connectivity index (χ0) is 11.4. The summed E-state index contributed by atoms with van der Waals surface area (Å²) in [5.74, 6) is 0.794. The maximum atomic E-state index is 11.7. The fraction of sp³-hybridized carbons (Fsp3) is 0.583. The Kier molecular flexibility index (Phi) is 3.62. The molecule has 1 aliphatic rings. The second kappa shape index (κ2) is 5.16. The molecular weight excluding hydrogens is 206 g/mol. The highest BCUT2D eigenvalue weighted by atomic mass is 16.5. The number of ether oxygens (including phenoxy) is 1. The molecule has 1 aromatic rings. The van der Waals surface area contributed by atoms with Crippen LogP contribution in [0.2, 0.25) is 0 Å². The summed E-state index contributed by atoms with van der Waals surface area (Å²) in [5.41, 5.74) is 0. The van der Waals surface area contributed by atoms with Crippen LogP contribution in [-0.4, -0.2) is 30.1 Å². The predicted molar refractivity (Wildman–Crippen MR) is 58.8 cm³/mol. The van der Waals surface area contributed by atoms with Crippen LogP contribution in [0.15, 0.2) is 22.8 Å². The Morgan fingerprint density at radius 2 is 2.56 bits per heavy atom. The lowest BCUT2D eigenvalue weighted by atomic mass is 10.2. The third-order valence-corrected chi connectivity index (χ3v) is 2.86. The first-order valence-corrected chi connectivity index (χ1v) is 5.74. The van der Waals surface area contributed by atoms with E-state index in [4.69, 9.17) is 9.15 Å². The van der Waals surface area contributed by atoms with E-state index in [1.807, 2.05) is 19.1 Å². The van der Waals surface area contributed by atoms with Crippen molar-refractivity contribution in [1.29, 1.82) is 0 Å². The van der Waals surface area contributed by atoms with Gasteiger partial charge >= 0.3 is 5.97 Å². The van der Waals surface area contributed by atoms with Crippen LogP contribution in [0.25, 0.3) is 0 Å². The zero-order valence-corrected chi connectivity index (χ0v) is 9.52. The first kappa shape index (κ1) is 11.2. The van der Waals surface area contributed by atoms with E-state index in [0.717, 1.165) is 25.1 Å². The molecule has 0 radical (unpaired) electrons. The van der Waals surface area contributed by atoms with E-state index >= 15 is 0 Å². The molecule has 2 heterocycles. The smallest absolute Gasteiger partial charge is 0.323 e. The molecule has 0 saturated carbocycles.